The molecule has 1 aliphatic heterocycles. The Balaban J connectivity index is 1.81. The standard InChI is InChI=1S/C42H66N4O6S/c1-11-30(12-2)38(45(8)41(50)32(27(3)4)25-36(48)42(6,7)43)35(51-9)26-37(49)46-21-16-19-33(46)39(52-10)28(5)34(47)24-31(40-44-20-22-53-40)23-29-17-14-13-15-18-29/h13-15,17-18,20,22,27-28,30-33,35,38-39H,11-12,16,19,21,23-26,43H2,1-10H3/t28-,31+,32-,33-,35+,38-,39+/m0/s1. The van der Waals surface area contributed by atoms with E-state index in [1.807, 2.05) is 49.3 Å². The van der Waals surface area contributed by atoms with E-state index in [4.69, 9.17) is 15.2 Å². The minimum Gasteiger partial charge on any atom is -0.379 e. The van der Waals surface area contributed by atoms with Crippen molar-refractivity contribution in [2.75, 3.05) is 27.8 Å². The number of carbonyl (C=O) groups is 4. The van der Waals surface area contributed by atoms with Crippen LogP contribution in [0.2, 0.25) is 0 Å². The molecule has 0 unspecified atom stereocenters. The summed E-state index contributed by atoms with van der Waals surface area (Å²) >= 11 is 1.57. The number of rotatable bonds is 22. The van der Waals surface area contributed by atoms with E-state index in [-0.39, 0.29) is 66.1 Å². The second-order valence-electron chi connectivity index (χ2n) is 15.9. The number of ketones is 2. The van der Waals surface area contributed by atoms with E-state index in [2.05, 4.69) is 31.0 Å². The number of likely N-dealkylation sites (N-methyl/N-ethyl adjacent to an activating group) is 1. The zero-order valence-electron chi connectivity index (χ0n) is 33.9. The molecular formula is C42H66N4O6S. The van der Waals surface area contributed by atoms with Crippen LogP contribution < -0.4 is 5.73 Å². The molecule has 1 fully saturated rings. The number of methoxy groups -OCH3 is 2. The number of ether oxygens (including phenoxy) is 2. The van der Waals surface area contributed by atoms with Gasteiger partial charge in [0.25, 0.3) is 0 Å². The van der Waals surface area contributed by atoms with Crippen molar-refractivity contribution in [3.8, 4) is 0 Å². The van der Waals surface area contributed by atoms with E-state index >= 15 is 0 Å². The highest BCUT2D eigenvalue weighted by Gasteiger charge is 2.43. The molecule has 1 saturated heterocycles. The van der Waals surface area contributed by atoms with E-state index in [9.17, 15) is 19.2 Å². The van der Waals surface area contributed by atoms with Crippen molar-refractivity contribution in [2.24, 2.45) is 29.4 Å². The molecule has 11 heteroatoms. The Bertz CT molecular complexity index is 1440. The molecule has 296 valence electrons. The van der Waals surface area contributed by atoms with Crippen molar-refractivity contribution in [1.82, 2.24) is 14.8 Å². The Morgan fingerprint density at radius 1 is 1.02 bits per heavy atom. The molecule has 1 aromatic carbocycles. The Hall–Kier alpha value is -2.99. The number of hydrogen-bond donors (Lipinski definition) is 1. The van der Waals surface area contributed by atoms with Crippen LogP contribution in [-0.2, 0) is 35.1 Å². The molecule has 0 bridgehead atoms. The Labute approximate surface area is 322 Å². The first-order chi connectivity index (χ1) is 25.1. The molecule has 53 heavy (non-hydrogen) atoms. The molecule has 0 aliphatic carbocycles. The third-order valence-electron chi connectivity index (χ3n) is 11.5. The summed E-state index contributed by atoms with van der Waals surface area (Å²) in [7, 11) is 5.00. The fraction of sp³-hybridized carbons (Fsp3) is 0.690. The van der Waals surface area contributed by atoms with Gasteiger partial charge in [0.15, 0.2) is 5.78 Å². The molecule has 2 N–H and O–H groups in total. The third kappa shape index (κ3) is 11.7. The first-order valence-corrected chi connectivity index (χ1v) is 20.4. The van der Waals surface area contributed by atoms with Gasteiger partial charge in [-0.2, -0.15) is 0 Å². The summed E-state index contributed by atoms with van der Waals surface area (Å²) in [6.45, 7) is 13.9. The highest BCUT2D eigenvalue weighted by atomic mass is 32.1. The van der Waals surface area contributed by atoms with Gasteiger partial charge in [-0.1, -0.05) is 77.8 Å². The minimum atomic E-state index is -1.04. The molecule has 2 aromatic rings. The number of likely N-dealkylation sites (tertiary alicyclic amines) is 1. The largest absolute Gasteiger partial charge is 0.379 e. The molecule has 2 amide bonds. The van der Waals surface area contributed by atoms with Crippen molar-refractivity contribution in [2.45, 2.75) is 136 Å². The number of thiazole rings is 1. The Morgan fingerprint density at radius 3 is 2.21 bits per heavy atom. The molecular weight excluding hydrogens is 689 g/mol. The summed E-state index contributed by atoms with van der Waals surface area (Å²) < 4.78 is 12.2. The SMILES string of the molecule is CCC(CC)[C@@H]([C@@H](CC(=O)N1CCC[C@H]1[C@H](OC)[C@@H](C)C(=O)C[C@@H](Cc1ccccc1)c1nccs1)OC)N(C)C(=O)[C@@H](CC(=O)C(C)(C)N)C(C)C. The summed E-state index contributed by atoms with van der Waals surface area (Å²) in [5.74, 6) is -1.35. The first kappa shape index (κ1) is 44.4. The topological polar surface area (TPSA) is 132 Å². The average Bonchev–Trinajstić information content (AvgIpc) is 3.85. The molecule has 0 radical (unpaired) electrons. The lowest BCUT2D eigenvalue weighted by atomic mass is 9.82. The van der Waals surface area contributed by atoms with Gasteiger partial charge in [0.05, 0.1) is 41.3 Å². The number of nitrogens with two attached hydrogens (primary N) is 1. The second-order valence-corrected chi connectivity index (χ2v) is 16.8. The molecule has 2 heterocycles. The fourth-order valence-electron chi connectivity index (χ4n) is 8.08. The average molecular weight is 755 g/mol. The molecule has 0 saturated carbocycles. The lowest BCUT2D eigenvalue weighted by molar-refractivity contribution is -0.149. The second kappa shape index (κ2) is 20.6. The van der Waals surface area contributed by atoms with E-state index in [0.717, 1.165) is 36.3 Å². The number of hydrogen-bond acceptors (Lipinski definition) is 9. The van der Waals surface area contributed by atoms with E-state index in [0.29, 0.717) is 19.4 Å². The van der Waals surface area contributed by atoms with Crippen molar-refractivity contribution < 1.29 is 28.7 Å². The van der Waals surface area contributed by atoms with Crippen molar-refractivity contribution >= 4 is 34.7 Å². The van der Waals surface area contributed by atoms with Crippen LogP contribution in [0.15, 0.2) is 41.9 Å². The monoisotopic (exact) mass is 754 g/mol. The van der Waals surface area contributed by atoms with Crippen LogP contribution in [0.3, 0.4) is 0 Å². The number of Topliss-reactive ketones (excluding diaryl/α,β-unsaturated/α-hetero) is 2. The molecule has 3 rings (SSSR count). The van der Waals surface area contributed by atoms with Crippen LogP contribution in [0.5, 0.6) is 0 Å². The van der Waals surface area contributed by atoms with Crippen molar-refractivity contribution in [1.29, 1.82) is 0 Å². The van der Waals surface area contributed by atoms with Gasteiger partial charge in [-0.25, -0.2) is 4.98 Å². The van der Waals surface area contributed by atoms with E-state index in [1.54, 1.807) is 57.5 Å². The first-order valence-electron chi connectivity index (χ1n) is 19.5. The maximum Gasteiger partial charge on any atom is 0.226 e. The smallest absolute Gasteiger partial charge is 0.226 e. The summed E-state index contributed by atoms with van der Waals surface area (Å²) in [6.07, 6.45) is 5.03. The minimum absolute atomic E-state index is 0.0504. The highest BCUT2D eigenvalue weighted by Crippen LogP contribution is 2.34. The van der Waals surface area contributed by atoms with Gasteiger partial charge in [0, 0.05) is 70.0 Å². The molecule has 1 aromatic heterocycles. The van der Waals surface area contributed by atoms with Gasteiger partial charge in [0.1, 0.15) is 5.78 Å². The van der Waals surface area contributed by atoms with Gasteiger partial charge in [-0.05, 0) is 50.5 Å². The van der Waals surface area contributed by atoms with Crippen molar-refractivity contribution in [3.05, 3.63) is 52.5 Å². The van der Waals surface area contributed by atoms with Crippen molar-refractivity contribution in [3.63, 3.8) is 0 Å². The number of aromatic nitrogens is 1. The van der Waals surface area contributed by atoms with Crippen LogP contribution in [0.1, 0.15) is 110 Å². The zero-order chi connectivity index (χ0) is 39.5. The predicted molar refractivity (Wildman–Crippen MR) is 212 cm³/mol. The van der Waals surface area contributed by atoms with Gasteiger partial charge >= 0.3 is 0 Å². The quantitative estimate of drug-likeness (QED) is 0.140. The third-order valence-corrected chi connectivity index (χ3v) is 12.4. The lowest BCUT2D eigenvalue weighted by Crippen LogP contribution is -2.54. The Kier molecular flexibility index (Phi) is 17.3. The van der Waals surface area contributed by atoms with Gasteiger partial charge in [-0.15, -0.1) is 11.3 Å². The summed E-state index contributed by atoms with van der Waals surface area (Å²) in [5.41, 5.74) is 6.24. The van der Waals surface area contributed by atoms with Crippen LogP contribution >= 0.6 is 11.3 Å². The molecule has 10 nitrogen and oxygen atoms in total. The number of amides is 2. The molecule has 1 aliphatic rings. The zero-order valence-corrected chi connectivity index (χ0v) is 34.7. The van der Waals surface area contributed by atoms with E-state index < -0.39 is 29.6 Å². The van der Waals surface area contributed by atoms with Gasteiger partial charge < -0.3 is 25.0 Å². The van der Waals surface area contributed by atoms with E-state index in [1.165, 1.54) is 0 Å². The molecule has 0 spiro atoms. The van der Waals surface area contributed by atoms with Gasteiger partial charge in [0.2, 0.25) is 11.8 Å². The number of nitrogens with zero attached hydrogens (tertiary/aromatic N) is 3. The van der Waals surface area contributed by atoms with Crippen LogP contribution in [-0.4, -0.2) is 95.8 Å². The highest BCUT2D eigenvalue weighted by molar-refractivity contribution is 7.09. The summed E-state index contributed by atoms with van der Waals surface area (Å²) in [6, 6.07) is 9.51. The maximum absolute atomic E-state index is 14.3. The predicted octanol–water partition coefficient (Wildman–Crippen LogP) is 6.71. The summed E-state index contributed by atoms with van der Waals surface area (Å²) in [5, 5.41) is 2.89. The molecule has 7 atom stereocenters. The maximum atomic E-state index is 14.3. The fourth-order valence-corrected chi connectivity index (χ4v) is 8.83. The Morgan fingerprint density at radius 2 is 1.68 bits per heavy atom. The van der Waals surface area contributed by atoms with Crippen LogP contribution in [0.25, 0.3) is 0 Å². The number of benzene rings is 1. The lowest BCUT2D eigenvalue weighted by Gasteiger charge is -2.41. The van der Waals surface area contributed by atoms with Gasteiger partial charge in [-0.3, -0.25) is 19.2 Å². The van der Waals surface area contributed by atoms with Crippen LogP contribution in [0.4, 0.5) is 0 Å². The normalized spacial score (nSPS) is 18.4. The number of carbonyl (C=O) groups excluding carboxylic acids is 4. The summed E-state index contributed by atoms with van der Waals surface area (Å²) in [4.78, 5) is 63.6. The van der Waals surface area contributed by atoms with Crippen LogP contribution in [0, 0.1) is 23.7 Å².